The molecule has 0 saturated carbocycles. The molecule has 1 aromatic rings. The smallest absolute Gasteiger partial charge is 0.242 e. The normalized spacial score (nSPS) is 15.9. The Balaban J connectivity index is 1.93. The quantitative estimate of drug-likeness (QED) is 0.822. The second-order valence-corrected chi connectivity index (χ2v) is 3.97. The predicted molar refractivity (Wildman–Crippen MR) is 59.7 cm³/mol. The van der Waals surface area contributed by atoms with Crippen molar-refractivity contribution in [1.82, 2.24) is 10.2 Å². The van der Waals surface area contributed by atoms with Crippen LogP contribution in [0.3, 0.4) is 0 Å². The van der Waals surface area contributed by atoms with Gasteiger partial charge in [-0.1, -0.05) is 12.1 Å². The van der Waals surface area contributed by atoms with E-state index >= 15 is 0 Å². The van der Waals surface area contributed by atoms with E-state index in [1.807, 2.05) is 0 Å². The molecule has 1 aromatic carbocycles. The van der Waals surface area contributed by atoms with Crippen LogP contribution in [0.2, 0.25) is 0 Å². The lowest BCUT2D eigenvalue weighted by Gasteiger charge is -2.26. The van der Waals surface area contributed by atoms with Crippen LogP contribution in [0.15, 0.2) is 24.3 Å². The minimum atomic E-state index is -0.287. The first-order chi connectivity index (χ1) is 8.15. The highest BCUT2D eigenvalue weighted by Gasteiger charge is 2.22. The van der Waals surface area contributed by atoms with Crippen molar-refractivity contribution in [3.05, 3.63) is 35.6 Å². The Morgan fingerprint density at radius 3 is 2.94 bits per heavy atom. The Morgan fingerprint density at radius 2 is 2.18 bits per heavy atom. The Hall–Kier alpha value is -1.91. The number of carbonyl (C=O) groups excluding carboxylic acids is 2. The number of rotatable bonds is 3. The van der Waals surface area contributed by atoms with E-state index in [4.69, 9.17) is 0 Å². The summed E-state index contributed by atoms with van der Waals surface area (Å²) in [6.07, 6.45) is 0.552. The van der Waals surface area contributed by atoms with Crippen molar-refractivity contribution in [2.24, 2.45) is 0 Å². The average Bonchev–Trinajstić information content (AvgIpc) is 2.30. The maximum absolute atomic E-state index is 12.9. The molecule has 2 rings (SSSR count). The van der Waals surface area contributed by atoms with Gasteiger partial charge in [0, 0.05) is 6.54 Å². The summed E-state index contributed by atoms with van der Waals surface area (Å²) < 4.78 is 12.9. The van der Waals surface area contributed by atoms with Gasteiger partial charge in [-0.2, -0.15) is 0 Å². The number of amides is 2. The van der Waals surface area contributed by atoms with Gasteiger partial charge in [-0.25, -0.2) is 4.39 Å². The number of piperazine rings is 1. The zero-order valence-electron chi connectivity index (χ0n) is 9.28. The molecule has 17 heavy (non-hydrogen) atoms. The fraction of sp³-hybridized carbons (Fsp3) is 0.333. The molecule has 1 saturated heterocycles. The van der Waals surface area contributed by atoms with Crippen molar-refractivity contribution in [3.8, 4) is 0 Å². The standard InChI is InChI=1S/C12H13FN2O2/c13-10-3-1-2-9(6-10)4-5-15-8-11(16)14-7-12(15)17/h1-3,6H,4-5,7-8H2,(H,14,16). The van der Waals surface area contributed by atoms with Crippen LogP contribution in [-0.4, -0.2) is 36.3 Å². The Bertz CT molecular complexity index is 448. The van der Waals surface area contributed by atoms with E-state index in [2.05, 4.69) is 5.32 Å². The monoisotopic (exact) mass is 236 g/mol. The van der Waals surface area contributed by atoms with Crippen molar-refractivity contribution in [2.75, 3.05) is 19.6 Å². The Morgan fingerprint density at radius 1 is 1.35 bits per heavy atom. The van der Waals surface area contributed by atoms with E-state index < -0.39 is 0 Å². The second kappa shape index (κ2) is 4.95. The summed E-state index contributed by atoms with van der Waals surface area (Å²) in [4.78, 5) is 24.1. The van der Waals surface area contributed by atoms with E-state index in [1.165, 1.54) is 17.0 Å². The van der Waals surface area contributed by atoms with Crippen LogP contribution in [0.25, 0.3) is 0 Å². The molecule has 1 N–H and O–H groups in total. The van der Waals surface area contributed by atoms with Crippen LogP contribution in [0.5, 0.6) is 0 Å². The zero-order chi connectivity index (χ0) is 12.3. The highest BCUT2D eigenvalue weighted by molar-refractivity contribution is 5.92. The average molecular weight is 236 g/mol. The van der Waals surface area contributed by atoms with Gasteiger partial charge in [0.25, 0.3) is 0 Å². The molecule has 0 aromatic heterocycles. The lowest BCUT2D eigenvalue weighted by atomic mass is 10.1. The first-order valence-electron chi connectivity index (χ1n) is 5.44. The molecule has 1 heterocycles. The number of benzene rings is 1. The number of hydrogen-bond donors (Lipinski definition) is 1. The molecule has 0 radical (unpaired) electrons. The largest absolute Gasteiger partial charge is 0.345 e. The van der Waals surface area contributed by atoms with Gasteiger partial charge >= 0.3 is 0 Å². The maximum Gasteiger partial charge on any atom is 0.242 e. The maximum atomic E-state index is 12.9. The van der Waals surface area contributed by atoms with Crippen LogP contribution >= 0.6 is 0 Å². The SMILES string of the molecule is O=C1CN(CCc2cccc(F)c2)C(=O)CN1. The first kappa shape index (κ1) is 11.6. The number of hydrogen-bond acceptors (Lipinski definition) is 2. The number of carbonyl (C=O) groups is 2. The van der Waals surface area contributed by atoms with E-state index in [-0.39, 0.29) is 30.7 Å². The molecule has 4 nitrogen and oxygen atoms in total. The van der Waals surface area contributed by atoms with Crippen LogP contribution in [0.4, 0.5) is 4.39 Å². The Kier molecular flexibility index (Phi) is 3.37. The number of halogens is 1. The fourth-order valence-electron chi connectivity index (χ4n) is 1.76. The first-order valence-corrected chi connectivity index (χ1v) is 5.44. The van der Waals surface area contributed by atoms with E-state index in [0.717, 1.165) is 5.56 Å². The van der Waals surface area contributed by atoms with Crippen LogP contribution in [-0.2, 0) is 16.0 Å². The second-order valence-electron chi connectivity index (χ2n) is 3.97. The van der Waals surface area contributed by atoms with Crippen molar-refractivity contribution < 1.29 is 14.0 Å². The van der Waals surface area contributed by atoms with Gasteiger partial charge in [-0.15, -0.1) is 0 Å². The molecule has 1 aliphatic rings. The van der Waals surface area contributed by atoms with Gasteiger partial charge in [0.05, 0.1) is 13.1 Å². The summed E-state index contributed by atoms with van der Waals surface area (Å²) in [5.41, 5.74) is 0.823. The predicted octanol–water partition coefficient (Wildman–Crippen LogP) is 0.327. The van der Waals surface area contributed by atoms with Gasteiger partial charge in [0.2, 0.25) is 11.8 Å². The van der Waals surface area contributed by atoms with Crippen LogP contribution in [0, 0.1) is 5.82 Å². The fourth-order valence-corrected chi connectivity index (χ4v) is 1.76. The van der Waals surface area contributed by atoms with Crippen molar-refractivity contribution in [3.63, 3.8) is 0 Å². The molecule has 2 amide bonds. The Labute approximate surface area is 98.4 Å². The van der Waals surface area contributed by atoms with Gasteiger partial charge < -0.3 is 10.2 Å². The lowest BCUT2D eigenvalue weighted by Crippen LogP contribution is -2.51. The topological polar surface area (TPSA) is 49.4 Å². The van der Waals surface area contributed by atoms with Crippen molar-refractivity contribution in [1.29, 1.82) is 0 Å². The number of nitrogens with one attached hydrogen (secondary N) is 1. The van der Waals surface area contributed by atoms with Gasteiger partial charge in [0.15, 0.2) is 0 Å². The zero-order valence-corrected chi connectivity index (χ0v) is 9.28. The molecule has 0 atom stereocenters. The molecule has 0 aliphatic carbocycles. The summed E-state index contributed by atoms with van der Waals surface area (Å²) in [5.74, 6) is -0.532. The van der Waals surface area contributed by atoms with Crippen molar-refractivity contribution in [2.45, 2.75) is 6.42 Å². The minimum absolute atomic E-state index is 0.0575. The van der Waals surface area contributed by atoms with E-state index in [9.17, 15) is 14.0 Å². The van der Waals surface area contributed by atoms with E-state index in [1.54, 1.807) is 12.1 Å². The third kappa shape index (κ3) is 3.03. The molecule has 0 spiro atoms. The summed E-state index contributed by atoms with van der Waals surface area (Å²) in [6, 6.07) is 6.25. The third-order valence-corrected chi connectivity index (χ3v) is 2.68. The molecular weight excluding hydrogens is 223 g/mol. The van der Waals surface area contributed by atoms with Gasteiger partial charge in [0.1, 0.15) is 5.82 Å². The minimum Gasteiger partial charge on any atom is -0.345 e. The molecule has 90 valence electrons. The number of nitrogens with zero attached hydrogens (tertiary/aromatic N) is 1. The van der Waals surface area contributed by atoms with Crippen LogP contribution < -0.4 is 5.32 Å². The molecule has 1 fully saturated rings. The van der Waals surface area contributed by atoms with Gasteiger partial charge in [-0.3, -0.25) is 9.59 Å². The van der Waals surface area contributed by atoms with Crippen LogP contribution in [0.1, 0.15) is 5.56 Å². The third-order valence-electron chi connectivity index (χ3n) is 2.68. The summed E-state index contributed by atoms with van der Waals surface area (Å²) >= 11 is 0. The molecule has 0 unspecified atom stereocenters. The lowest BCUT2D eigenvalue weighted by molar-refractivity contribution is -0.140. The summed E-state index contributed by atoms with van der Waals surface area (Å²) in [7, 11) is 0. The summed E-state index contributed by atoms with van der Waals surface area (Å²) in [6.45, 7) is 0.589. The van der Waals surface area contributed by atoms with E-state index in [0.29, 0.717) is 13.0 Å². The molecule has 1 aliphatic heterocycles. The summed E-state index contributed by atoms with van der Waals surface area (Å²) in [5, 5.41) is 2.48. The molecule has 5 heteroatoms. The molecule has 0 bridgehead atoms. The van der Waals surface area contributed by atoms with Gasteiger partial charge in [-0.05, 0) is 24.1 Å². The highest BCUT2D eigenvalue weighted by atomic mass is 19.1. The van der Waals surface area contributed by atoms with Crippen molar-refractivity contribution >= 4 is 11.8 Å². The highest BCUT2D eigenvalue weighted by Crippen LogP contribution is 2.06. The molecular formula is C12H13FN2O2.